The van der Waals surface area contributed by atoms with Gasteiger partial charge in [-0.05, 0) is 63.4 Å². The number of halogens is 1. The third-order valence-corrected chi connectivity index (χ3v) is 4.39. The van der Waals surface area contributed by atoms with Gasteiger partial charge in [-0.1, -0.05) is 23.7 Å². The number of aliphatic hydroxyl groups excluding tert-OH is 1. The molecule has 2 rings (SSSR count). The molecule has 20 heavy (non-hydrogen) atoms. The van der Waals surface area contributed by atoms with Crippen molar-refractivity contribution in [3.63, 3.8) is 0 Å². The topological polar surface area (TPSA) is 35.5 Å². The molecule has 1 aliphatic heterocycles. The molecule has 1 aliphatic rings. The van der Waals surface area contributed by atoms with Crippen molar-refractivity contribution in [2.45, 2.75) is 25.7 Å². The summed E-state index contributed by atoms with van der Waals surface area (Å²) in [5.41, 5.74) is 1.03. The van der Waals surface area contributed by atoms with Gasteiger partial charge in [-0.25, -0.2) is 0 Å². The van der Waals surface area contributed by atoms with Crippen LogP contribution in [0.25, 0.3) is 0 Å². The summed E-state index contributed by atoms with van der Waals surface area (Å²) in [4.78, 5) is 2.52. The highest BCUT2D eigenvalue weighted by Crippen LogP contribution is 2.20. The van der Waals surface area contributed by atoms with Crippen LogP contribution in [-0.2, 0) is 0 Å². The molecule has 0 amide bonds. The van der Waals surface area contributed by atoms with Crippen LogP contribution in [0.15, 0.2) is 24.3 Å². The average Bonchev–Trinajstić information content (AvgIpc) is 2.49. The van der Waals surface area contributed by atoms with E-state index in [-0.39, 0.29) is 0 Å². The molecule has 0 aliphatic carbocycles. The number of anilines is 1. The standard InChI is InChI=1S/C16H25ClN2O/c17-15-5-1-2-6-16(15)18-9-3-4-10-19-11-7-14(13-20)8-12-19/h1-2,5-6,14,18,20H,3-4,7-13H2. The Hall–Kier alpha value is -0.770. The number of unbranched alkanes of at least 4 members (excludes halogenated alkanes) is 1. The molecule has 1 saturated heterocycles. The average molecular weight is 297 g/mol. The molecule has 3 nitrogen and oxygen atoms in total. The minimum Gasteiger partial charge on any atom is -0.396 e. The van der Waals surface area contributed by atoms with E-state index in [2.05, 4.69) is 10.2 Å². The zero-order valence-electron chi connectivity index (χ0n) is 12.0. The molecule has 1 aromatic carbocycles. The summed E-state index contributed by atoms with van der Waals surface area (Å²) in [5.74, 6) is 0.535. The Morgan fingerprint density at radius 3 is 2.65 bits per heavy atom. The predicted molar refractivity (Wildman–Crippen MR) is 85.4 cm³/mol. The fraction of sp³-hybridized carbons (Fsp3) is 0.625. The molecule has 0 bridgehead atoms. The molecule has 1 heterocycles. The van der Waals surface area contributed by atoms with E-state index < -0.39 is 0 Å². The third kappa shape index (κ3) is 4.97. The lowest BCUT2D eigenvalue weighted by Gasteiger charge is -2.30. The van der Waals surface area contributed by atoms with E-state index in [0.717, 1.165) is 49.6 Å². The second-order valence-corrected chi connectivity index (χ2v) is 5.99. The number of hydrogen-bond donors (Lipinski definition) is 2. The van der Waals surface area contributed by atoms with Gasteiger partial charge < -0.3 is 15.3 Å². The van der Waals surface area contributed by atoms with Gasteiger partial charge in [-0.15, -0.1) is 0 Å². The van der Waals surface area contributed by atoms with Crippen LogP contribution >= 0.6 is 11.6 Å². The maximum absolute atomic E-state index is 9.12. The van der Waals surface area contributed by atoms with Crippen molar-refractivity contribution in [3.8, 4) is 0 Å². The van der Waals surface area contributed by atoms with Crippen LogP contribution in [0.4, 0.5) is 5.69 Å². The van der Waals surface area contributed by atoms with Crippen LogP contribution in [-0.4, -0.2) is 42.8 Å². The molecule has 112 valence electrons. The largest absolute Gasteiger partial charge is 0.396 e. The molecule has 0 radical (unpaired) electrons. The van der Waals surface area contributed by atoms with Crippen LogP contribution in [0.3, 0.4) is 0 Å². The van der Waals surface area contributed by atoms with Gasteiger partial charge in [0.15, 0.2) is 0 Å². The smallest absolute Gasteiger partial charge is 0.0637 e. The number of likely N-dealkylation sites (tertiary alicyclic amines) is 1. The minimum absolute atomic E-state index is 0.357. The summed E-state index contributed by atoms with van der Waals surface area (Å²) in [5, 5.41) is 13.3. The van der Waals surface area contributed by atoms with E-state index in [1.807, 2.05) is 24.3 Å². The number of nitrogens with one attached hydrogen (secondary N) is 1. The lowest BCUT2D eigenvalue weighted by atomic mass is 9.98. The summed E-state index contributed by atoms with van der Waals surface area (Å²) in [6.45, 7) is 4.78. The third-order valence-electron chi connectivity index (χ3n) is 4.06. The molecular formula is C16H25ClN2O. The molecule has 1 aromatic rings. The van der Waals surface area contributed by atoms with Gasteiger partial charge in [0.1, 0.15) is 0 Å². The van der Waals surface area contributed by atoms with Crippen LogP contribution in [0.5, 0.6) is 0 Å². The van der Waals surface area contributed by atoms with Gasteiger partial charge in [0.25, 0.3) is 0 Å². The summed E-state index contributed by atoms with van der Waals surface area (Å²) in [7, 11) is 0. The van der Waals surface area contributed by atoms with Gasteiger partial charge in [-0.2, -0.15) is 0 Å². The SMILES string of the molecule is OCC1CCN(CCCCNc2ccccc2Cl)CC1. The summed E-state index contributed by atoms with van der Waals surface area (Å²) in [6.07, 6.45) is 4.66. The number of benzene rings is 1. The van der Waals surface area contributed by atoms with Crippen molar-refractivity contribution in [3.05, 3.63) is 29.3 Å². The van der Waals surface area contributed by atoms with Crippen molar-refractivity contribution in [2.24, 2.45) is 5.92 Å². The van der Waals surface area contributed by atoms with Gasteiger partial charge >= 0.3 is 0 Å². The first-order valence-corrected chi connectivity index (χ1v) is 7.99. The second-order valence-electron chi connectivity index (χ2n) is 5.58. The Morgan fingerprint density at radius 2 is 1.95 bits per heavy atom. The zero-order chi connectivity index (χ0) is 14.2. The van der Waals surface area contributed by atoms with Crippen molar-refractivity contribution in [2.75, 3.05) is 38.1 Å². The minimum atomic E-state index is 0.357. The molecule has 1 fully saturated rings. The number of piperidine rings is 1. The van der Waals surface area contributed by atoms with Crippen molar-refractivity contribution in [1.82, 2.24) is 4.90 Å². The first-order valence-electron chi connectivity index (χ1n) is 7.61. The fourth-order valence-corrected chi connectivity index (χ4v) is 2.88. The fourth-order valence-electron chi connectivity index (χ4n) is 2.68. The highest BCUT2D eigenvalue weighted by atomic mass is 35.5. The van der Waals surface area contributed by atoms with Gasteiger partial charge in [-0.3, -0.25) is 0 Å². The molecule has 2 N–H and O–H groups in total. The highest BCUT2D eigenvalue weighted by Gasteiger charge is 2.17. The molecule has 4 heteroatoms. The lowest BCUT2D eigenvalue weighted by Crippen LogP contribution is -2.35. The van der Waals surface area contributed by atoms with Crippen LogP contribution < -0.4 is 5.32 Å². The normalized spacial score (nSPS) is 17.3. The monoisotopic (exact) mass is 296 g/mol. The number of para-hydroxylation sites is 1. The first kappa shape index (κ1) is 15.6. The van der Waals surface area contributed by atoms with Crippen molar-refractivity contribution < 1.29 is 5.11 Å². The number of rotatable bonds is 7. The molecular weight excluding hydrogens is 272 g/mol. The van der Waals surface area contributed by atoms with Crippen LogP contribution in [0, 0.1) is 5.92 Å². The van der Waals surface area contributed by atoms with E-state index in [1.165, 1.54) is 13.0 Å². The maximum atomic E-state index is 9.12. The first-order chi connectivity index (χ1) is 9.79. The summed E-state index contributed by atoms with van der Waals surface area (Å²) >= 11 is 6.10. The second kappa shape index (κ2) is 8.50. The Balaban J connectivity index is 1.55. The Morgan fingerprint density at radius 1 is 1.20 bits per heavy atom. The van der Waals surface area contributed by atoms with E-state index >= 15 is 0 Å². The quantitative estimate of drug-likeness (QED) is 0.758. The Bertz CT molecular complexity index is 392. The van der Waals surface area contributed by atoms with Crippen molar-refractivity contribution in [1.29, 1.82) is 0 Å². The van der Waals surface area contributed by atoms with E-state index in [9.17, 15) is 0 Å². The van der Waals surface area contributed by atoms with E-state index in [4.69, 9.17) is 16.7 Å². The number of aliphatic hydroxyl groups is 1. The maximum Gasteiger partial charge on any atom is 0.0637 e. The Labute approximate surface area is 126 Å². The van der Waals surface area contributed by atoms with Gasteiger partial charge in [0, 0.05) is 13.2 Å². The van der Waals surface area contributed by atoms with Crippen LogP contribution in [0.2, 0.25) is 5.02 Å². The predicted octanol–water partition coefficient (Wildman–Crippen LogP) is 3.24. The summed E-state index contributed by atoms with van der Waals surface area (Å²) < 4.78 is 0. The lowest BCUT2D eigenvalue weighted by molar-refractivity contribution is 0.130. The molecule has 0 saturated carbocycles. The summed E-state index contributed by atoms with van der Waals surface area (Å²) in [6, 6.07) is 7.88. The van der Waals surface area contributed by atoms with E-state index in [0.29, 0.717) is 12.5 Å². The van der Waals surface area contributed by atoms with E-state index in [1.54, 1.807) is 0 Å². The molecule has 0 aromatic heterocycles. The molecule has 0 atom stereocenters. The Kier molecular flexibility index (Phi) is 6.64. The van der Waals surface area contributed by atoms with Crippen molar-refractivity contribution >= 4 is 17.3 Å². The van der Waals surface area contributed by atoms with Gasteiger partial charge in [0.05, 0.1) is 10.7 Å². The number of nitrogens with zero attached hydrogens (tertiary/aromatic N) is 1. The number of hydrogen-bond acceptors (Lipinski definition) is 3. The molecule has 0 unspecified atom stereocenters. The van der Waals surface area contributed by atoms with Gasteiger partial charge in [0.2, 0.25) is 0 Å². The highest BCUT2D eigenvalue weighted by molar-refractivity contribution is 6.33. The molecule has 0 spiro atoms. The zero-order valence-corrected chi connectivity index (χ0v) is 12.8. The van der Waals surface area contributed by atoms with Crippen LogP contribution in [0.1, 0.15) is 25.7 Å².